The molecule has 0 aliphatic carbocycles. The number of pyridine rings is 1. The molecular weight excluding hydrogens is 365 g/mol. The van der Waals surface area contributed by atoms with Crippen LogP contribution < -0.4 is 5.32 Å². The second-order valence-corrected chi connectivity index (χ2v) is 6.07. The SMILES string of the molecule is CCOC(=O)NC(O)c1c(-c2ccc(Cl)cc2)nc2ccc(Cl)cn12. The molecule has 25 heavy (non-hydrogen) atoms. The predicted octanol–water partition coefficient (Wildman–Crippen LogP) is 4.05. The number of nitrogens with zero attached hydrogens (tertiary/aromatic N) is 2. The van der Waals surface area contributed by atoms with Crippen molar-refractivity contribution in [3.63, 3.8) is 0 Å². The second-order valence-electron chi connectivity index (χ2n) is 5.20. The third-order valence-corrected chi connectivity index (χ3v) is 4.00. The van der Waals surface area contributed by atoms with E-state index in [-0.39, 0.29) is 6.61 Å². The van der Waals surface area contributed by atoms with E-state index in [4.69, 9.17) is 27.9 Å². The van der Waals surface area contributed by atoms with Crippen molar-refractivity contribution in [2.45, 2.75) is 13.2 Å². The van der Waals surface area contributed by atoms with Gasteiger partial charge < -0.3 is 9.84 Å². The number of hydrogen-bond acceptors (Lipinski definition) is 4. The van der Waals surface area contributed by atoms with Gasteiger partial charge in [-0.25, -0.2) is 9.78 Å². The number of alkyl carbamates (subject to hydrolysis) is 1. The van der Waals surface area contributed by atoms with Crippen molar-refractivity contribution in [3.8, 4) is 11.3 Å². The van der Waals surface area contributed by atoms with Crippen molar-refractivity contribution >= 4 is 34.9 Å². The van der Waals surface area contributed by atoms with Crippen LogP contribution in [-0.4, -0.2) is 27.2 Å². The van der Waals surface area contributed by atoms with Crippen LogP contribution in [0.1, 0.15) is 18.8 Å². The first-order valence-electron chi connectivity index (χ1n) is 7.54. The maximum absolute atomic E-state index is 11.7. The van der Waals surface area contributed by atoms with E-state index in [0.29, 0.717) is 27.1 Å². The van der Waals surface area contributed by atoms with Crippen LogP contribution in [0.5, 0.6) is 0 Å². The Hall–Kier alpha value is -2.28. The number of benzene rings is 1. The fraction of sp³-hybridized carbons (Fsp3) is 0.176. The summed E-state index contributed by atoms with van der Waals surface area (Å²) in [6, 6.07) is 10.4. The molecule has 3 rings (SSSR count). The molecule has 0 bridgehead atoms. The first kappa shape index (κ1) is 17.5. The summed E-state index contributed by atoms with van der Waals surface area (Å²) in [6.07, 6.45) is -0.443. The Labute approximate surface area is 154 Å². The molecule has 3 aromatic rings. The summed E-state index contributed by atoms with van der Waals surface area (Å²) in [5.41, 5.74) is 2.19. The van der Waals surface area contributed by atoms with E-state index in [1.54, 1.807) is 53.9 Å². The van der Waals surface area contributed by atoms with Crippen molar-refractivity contribution in [2.24, 2.45) is 0 Å². The van der Waals surface area contributed by atoms with Crippen molar-refractivity contribution in [2.75, 3.05) is 6.61 Å². The molecule has 1 aromatic carbocycles. The molecule has 0 spiro atoms. The highest BCUT2D eigenvalue weighted by Gasteiger charge is 2.23. The molecular formula is C17H15Cl2N3O3. The van der Waals surface area contributed by atoms with E-state index in [1.807, 2.05) is 0 Å². The number of aliphatic hydroxyl groups is 1. The van der Waals surface area contributed by atoms with Gasteiger partial charge in [-0.2, -0.15) is 0 Å². The van der Waals surface area contributed by atoms with E-state index in [2.05, 4.69) is 10.3 Å². The van der Waals surface area contributed by atoms with Gasteiger partial charge in [0.2, 0.25) is 0 Å². The highest BCUT2D eigenvalue weighted by atomic mass is 35.5. The van der Waals surface area contributed by atoms with Gasteiger partial charge in [0.25, 0.3) is 0 Å². The summed E-state index contributed by atoms with van der Waals surface area (Å²) in [7, 11) is 0. The first-order chi connectivity index (χ1) is 12.0. The quantitative estimate of drug-likeness (QED) is 0.670. The summed E-state index contributed by atoms with van der Waals surface area (Å²) < 4.78 is 6.45. The molecule has 0 radical (unpaired) electrons. The van der Waals surface area contributed by atoms with Crippen LogP contribution in [-0.2, 0) is 4.74 Å². The molecule has 1 amide bonds. The lowest BCUT2D eigenvalue weighted by atomic mass is 10.1. The molecule has 2 aromatic heterocycles. The summed E-state index contributed by atoms with van der Waals surface area (Å²) in [5, 5.41) is 14.0. The number of aromatic nitrogens is 2. The number of aliphatic hydroxyl groups excluding tert-OH is 1. The largest absolute Gasteiger partial charge is 0.450 e. The zero-order valence-corrected chi connectivity index (χ0v) is 14.8. The molecule has 0 aliphatic heterocycles. The monoisotopic (exact) mass is 379 g/mol. The summed E-state index contributed by atoms with van der Waals surface area (Å²) in [4.78, 5) is 16.2. The standard InChI is InChI=1S/C17H15Cl2N3O3/c1-2-25-17(24)21-16(23)15-14(10-3-5-11(18)6-4-10)20-13-8-7-12(19)9-22(13)15/h3-9,16,23H,2H2,1H3,(H,21,24). The van der Waals surface area contributed by atoms with Crippen molar-refractivity contribution in [1.29, 1.82) is 0 Å². The molecule has 8 heteroatoms. The molecule has 1 unspecified atom stereocenters. The minimum absolute atomic E-state index is 0.196. The normalized spacial score (nSPS) is 12.2. The molecule has 2 N–H and O–H groups in total. The number of fused-ring (bicyclic) bond motifs is 1. The Bertz CT molecular complexity index is 909. The maximum Gasteiger partial charge on any atom is 0.409 e. The van der Waals surface area contributed by atoms with E-state index < -0.39 is 12.3 Å². The van der Waals surface area contributed by atoms with Crippen LogP contribution in [0.15, 0.2) is 42.6 Å². The number of rotatable bonds is 4. The fourth-order valence-corrected chi connectivity index (χ4v) is 2.76. The molecule has 0 saturated heterocycles. The average Bonchev–Trinajstić information content (AvgIpc) is 2.94. The Kier molecular flexibility index (Phi) is 5.13. The maximum atomic E-state index is 11.7. The molecule has 1 atom stereocenters. The Balaban J connectivity index is 2.12. The van der Waals surface area contributed by atoms with Crippen LogP contribution in [0, 0.1) is 0 Å². The highest BCUT2D eigenvalue weighted by Crippen LogP contribution is 2.30. The molecule has 0 fully saturated rings. The van der Waals surface area contributed by atoms with Gasteiger partial charge in [-0.15, -0.1) is 0 Å². The Morgan fingerprint density at radius 1 is 1.24 bits per heavy atom. The van der Waals surface area contributed by atoms with Crippen LogP contribution in [0.3, 0.4) is 0 Å². The Morgan fingerprint density at radius 2 is 1.92 bits per heavy atom. The lowest BCUT2D eigenvalue weighted by molar-refractivity contribution is 0.0995. The Morgan fingerprint density at radius 3 is 2.60 bits per heavy atom. The minimum atomic E-state index is -1.34. The number of halogens is 2. The second kappa shape index (κ2) is 7.31. The van der Waals surface area contributed by atoms with Gasteiger partial charge in [-0.05, 0) is 31.2 Å². The number of imidazole rings is 1. The molecule has 2 heterocycles. The van der Waals surface area contributed by atoms with E-state index >= 15 is 0 Å². The van der Waals surface area contributed by atoms with Crippen LogP contribution >= 0.6 is 23.2 Å². The van der Waals surface area contributed by atoms with Gasteiger partial charge in [0, 0.05) is 16.8 Å². The topological polar surface area (TPSA) is 75.9 Å². The van der Waals surface area contributed by atoms with E-state index in [1.165, 1.54) is 0 Å². The average molecular weight is 380 g/mol. The highest BCUT2D eigenvalue weighted by molar-refractivity contribution is 6.30. The third kappa shape index (κ3) is 3.71. The van der Waals surface area contributed by atoms with Gasteiger partial charge in [-0.3, -0.25) is 9.72 Å². The van der Waals surface area contributed by atoms with Gasteiger partial charge in [0.05, 0.1) is 23.0 Å². The van der Waals surface area contributed by atoms with Gasteiger partial charge in [-0.1, -0.05) is 35.3 Å². The molecule has 6 nitrogen and oxygen atoms in total. The van der Waals surface area contributed by atoms with Crippen molar-refractivity contribution < 1.29 is 14.6 Å². The number of amides is 1. The first-order valence-corrected chi connectivity index (χ1v) is 8.30. The smallest absolute Gasteiger partial charge is 0.409 e. The zero-order valence-electron chi connectivity index (χ0n) is 13.2. The van der Waals surface area contributed by atoms with Gasteiger partial charge in [0.1, 0.15) is 5.65 Å². The minimum Gasteiger partial charge on any atom is -0.450 e. The van der Waals surface area contributed by atoms with Crippen molar-refractivity contribution in [3.05, 3.63) is 58.3 Å². The molecule has 130 valence electrons. The predicted molar refractivity (Wildman–Crippen MR) is 95.8 cm³/mol. The molecule has 0 saturated carbocycles. The third-order valence-electron chi connectivity index (χ3n) is 3.53. The van der Waals surface area contributed by atoms with Gasteiger partial charge in [0.15, 0.2) is 6.23 Å². The van der Waals surface area contributed by atoms with E-state index in [0.717, 1.165) is 5.56 Å². The lowest BCUT2D eigenvalue weighted by Crippen LogP contribution is -2.30. The number of nitrogens with one attached hydrogen (secondary N) is 1. The van der Waals surface area contributed by atoms with Crippen LogP contribution in [0.25, 0.3) is 16.9 Å². The van der Waals surface area contributed by atoms with Crippen LogP contribution in [0.2, 0.25) is 10.0 Å². The number of carbonyl (C=O) groups is 1. The number of hydrogen-bond donors (Lipinski definition) is 2. The number of carbonyl (C=O) groups excluding carboxylic acids is 1. The number of ether oxygens (including phenoxy) is 1. The molecule has 0 aliphatic rings. The van der Waals surface area contributed by atoms with Crippen molar-refractivity contribution in [1.82, 2.24) is 14.7 Å². The van der Waals surface area contributed by atoms with E-state index in [9.17, 15) is 9.90 Å². The summed E-state index contributed by atoms with van der Waals surface area (Å²) in [6.45, 7) is 1.88. The van der Waals surface area contributed by atoms with Crippen LogP contribution in [0.4, 0.5) is 4.79 Å². The lowest BCUT2D eigenvalue weighted by Gasteiger charge is -2.14. The van der Waals surface area contributed by atoms with Gasteiger partial charge >= 0.3 is 6.09 Å². The summed E-state index contributed by atoms with van der Waals surface area (Å²) in [5.74, 6) is 0. The zero-order chi connectivity index (χ0) is 18.0. The fourth-order valence-electron chi connectivity index (χ4n) is 2.47. The summed E-state index contributed by atoms with van der Waals surface area (Å²) >= 11 is 12.0.